The summed E-state index contributed by atoms with van der Waals surface area (Å²) in [6.07, 6.45) is 4.61. The van der Waals surface area contributed by atoms with Gasteiger partial charge in [0.1, 0.15) is 10.6 Å². The normalized spacial score (nSPS) is 18.0. The van der Waals surface area contributed by atoms with Crippen LogP contribution in [0.1, 0.15) is 49.6 Å². The van der Waals surface area contributed by atoms with Crippen molar-refractivity contribution in [2.24, 2.45) is 5.92 Å². The van der Waals surface area contributed by atoms with Gasteiger partial charge in [0, 0.05) is 18.8 Å². The number of sulfonamides is 1. The highest BCUT2D eigenvalue weighted by Gasteiger charge is 2.36. The Morgan fingerprint density at radius 1 is 1.28 bits per heavy atom. The summed E-state index contributed by atoms with van der Waals surface area (Å²) in [6, 6.07) is 7.87. The maximum atomic E-state index is 13.0. The Kier molecular flexibility index (Phi) is 6.74. The zero-order chi connectivity index (χ0) is 21.0. The summed E-state index contributed by atoms with van der Waals surface area (Å²) in [4.78, 5) is 12.9. The first-order valence-electron chi connectivity index (χ1n) is 10.2. The fraction of sp³-hybridized carbons (Fsp3) is 0.524. The van der Waals surface area contributed by atoms with E-state index in [2.05, 4.69) is 17.4 Å². The highest BCUT2D eigenvalue weighted by atomic mass is 32.2. The number of hydrogen-bond acceptors (Lipinski definition) is 5. The van der Waals surface area contributed by atoms with Crippen LogP contribution < -0.4 is 5.32 Å². The molecule has 7 nitrogen and oxygen atoms in total. The van der Waals surface area contributed by atoms with Crippen LogP contribution >= 0.6 is 0 Å². The molecular weight excluding hydrogens is 390 g/mol. The van der Waals surface area contributed by atoms with E-state index in [4.69, 9.17) is 4.52 Å². The van der Waals surface area contributed by atoms with Crippen LogP contribution in [-0.4, -0.2) is 36.9 Å². The maximum Gasteiger partial charge on any atom is 0.248 e. The fourth-order valence-electron chi connectivity index (χ4n) is 3.73. The van der Waals surface area contributed by atoms with Crippen molar-refractivity contribution in [3.8, 4) is 0 Å². The molecule has 1 fully saturated rings. The summed E-state index contributed by atoms with van der Waals surface area (Å²) in [5.41, 5.74) is 2.33. The van der Waals surface area contributed by atoms with Crippen LogP contribution in [-0.2, 0) is 21.2 Å². The number of nitrogens with zero attached hydrogens (tertiary/aromatic N) is 2. The molecular formula is C21H29N3O4S. The number of carbonyl (C=O) groups excluding carboxylic acids is 1. The first-order chi connectivity index (χ1) is 13.8. The molecule has 0 aliphatic carbocycles. The molecule has 8 heteroatoms. The topological polar surface area (TPSA) is 92.5 Å². The molecule has 0 radical (unpaired) electrons. The Bertz CT molecular complexity index is 931. The van der Waals surface area contributed by atoms with Gasteiger partial charge < -0.3 is 9.84 Å². The molecule has 2 aromatic rings. The lowest BCUT2D eigenvalue weighted by molar-refractivity contribution is -0.120. The number of anilines is 1. The number of unbranched alkanes of at least 4 members (excludes halogenated alkanes) is 1. The first-order valence-corrected chi connectivity index (χ1v) is 11.6. The molecule has 1 N–H and O–H groups in total. The molecule has 1 aliphatic rings. The van der Waals surface area contributed by atoms with E-state index in [1.807, 2.05) is 24.3 Å². The third-order valence-electron chi connectivity index (χ3n) is 5.36. The summed E-state index contributed by atoms with van der Waals surface area (Å²) in [5.74, 6) is -0.263. The minimum absolute atomic E-state index is 0.112. The summed E-state index contributed by atoms with van der Waals surface area (Å²) >= 11 is 0. The van der Waals surface area contributed by atoms with Crippen LogP contribution in [0.4, 0.5) is 5.69 Å². The van der Waals surface area contributed by atoms with Crippen LogP contribution in [0.15, 0.2) is 33.7 Å². The van der Waals surface area contributed by atoms with Gasteiger partial charge in [-0.3, -0.25) is 4.79 Å². The monoisotopic (exact) mass is 419 g/mol. The molecule has 1 aromatic heterocycles. The van der Waals surface area contributed by atoms with E-state index in [1.165, 1.54) is 9.87 Å². The largest absolute Gasteiger partial charge is 0.360 e. The predicted molar refractivity (Wildman–Crippen MR) is 111 cm³/mol. The van der Waals surface area contributed by atoms with Crippen molar-refractivity contribution >= 4 is 21.6 Å². The summed E-state index contributed by atoms with van der Waals surface area (Å²) in [7, 11) is -3.74. The van der Waals surface area contributed by atoms with Crippen LogP contribution in [0, 0.1) is 19.8 Å². The first kappa shape index (κ1) is 21.5. The van der Waals surface area contributed by atoms with Gasteiger partial charge in [0.25, 0.3) is 0 Å². The van der Waals surface area contributed by atoms with Crippen LogP contribution in [0.3, 0.4) is 0 Å². The third kappa shape index (κ3) is 4.87. The second-order valence-corrected chi connectivity index (χ2v) is 9.52. The van der Waals surface area contributed by atoms with Gasteiger partial charge in [0.15, 0.2) is 5.76 Å². The standard InChI is InChI=1S/C21H29N3O4S/c1-4-5-7-17-9-11-19(12-10-17)22-21(25)18-8-6-13-24(14-18)29(26,27)20-15(2)23-28-16(20)3/h9-12,18H,4-8,13-14H2,1-3H3,(H,22,25). The van der Waals surface area contributed by atoms with Crippen molar-refractivity contribution in [2.45, 2.75) is 57.8 Å². The number of rotatable bonds is 7. The van der Waals surface area contributed by atoms with E-state index < -0.39 is 15.9 Å². The molecule has 29 heavy (non-hydrogen) atoms. The van der Waals surface area contributed by atoms with Crippen molar-refractivity contribution < 1.29 is 17.7 Å². The zero-order valence-electron chi connectivity index (χ0n) is 17.3. The van der Waals surface area contributed by atoms with Crippen LogP contribution in [0.25, 0.3) is 0 Å². The number of benzene rings is 1. The van der Waals surface area contributed by atoms with E-state index in [0.717, 1.165) is 24.9 Å². The molecule has 1 unspecified atom stereocenters. The quantitative estimate of drug-likeness (QED) is 0.739. The lowest BCUT2D eigenvalue weighted by Crippen LogP contribution is -2.43. The molecule has 1 aliphatic heterocycles. The number of amides is 1. The third-order valence-corrected chi connectivity index (χ3v) is 7.47. The van der Waals surface area contributed by atoms with Gasteiger partial charge in [-0.1, -0.05) is 30.6 Å². The number of carbonyl (C=O) groups is 1. The fourth-order valence-corrected chi connectivity index (χ4v) is 5.54. The van der Waals surface area contributed by atoms with E-state index in [9.17, 15) is 13.2 Å². The second kappa shape index (κ2) is 9.09. The Labute approximate surface area is 172 Å². The minimum atomic E-state index is -3.74. The molecule has 1 atom stereocenters. The lowest BCUT2D eigenvalue weighted by Gasteiger charge is -2.31. The molecule has 158 valence electrons. The predicted octanol–water partition coefficient (Wildman–Crippen LogP) is 3.67. The molecule has 2 heterocycles. The van der Waals surface area contributed by atoms with Crippen molar-refractivity contribution in [3.05, 3.63) is 41.3 Å². The minimum Gasteiger partial charge on any atom is -0.360 e. The molecule has 0 saturated carbocycles. The molecule has 3 rings (SSSR count). The number of nitrogens with one attached hydrogen (secondary N) is 1. The van der Waals surface area contributed by atoms with Gasteiger partial charge in [-0.15, -0.1) is 0 Å². The summed E-state index contributed by atoms with van der Waals surface area (Å²) in [6.45, 7) is 5.91. The van der Waals surface area contributed by atoms with Crippen LogP contribution in [0.2, 0.25) is 0 Å². The van der Waals surface area contributed by atoms with Gasteiger partial charge in [0.05, 0.1) is 5.92 Å². The molecule has 1 amide bonds. The number of aryl methyl sites for hydroxylation is 3. The average Bonchev–Trinajstić information content (AvgIpc) is 3.06. The van der Waals surface area contributed by atoms with Crippen molar-refractivity contribution in [3.63, 3.8) is 0 Å². The zero-order valence-corrected chi connectivity index (χ0v) is 18.1. The average molecular weight is 420 g/mol. The van der Waals surface area contributed by atoms with E-state index >= 15 is 0 Å². The van der Waals surface area contributed by atoms with Gasteiger partial charge in [-0.05, 0) is 57.2 Å². The second-order valence-electron chi connectivity index (χ2n) is 7.65. The van der Waals surface area contributed by atoms with Gasteiger partial charge >= 0.3 is 0 Å². The Morgan fingerprint density at radius 2 is 2.00 bits per heavy atom. The van der Waals surface area contributed by atoms with Gasteiger partial charge in [-0.2, -0.15) is 4.31 Å². The molecule has 0 bridgehead atoms. The number of piperidine rings is 1. The number of aromatic nitrogens is 1. The summed E-state index contributed by atoms with van der Waals surface area (Å²) < 4.78 is 32.5. The van der Waals surface area contributed by atoms with E-state index in [0.29, 0.717) is 25.1 Å². The molecule has 1 aromatic carbocycles. The summed E-state index contributed by atoms with van der Waals surface area (Å²) in [5, 5.41) is 6.69. The lowest BCUT2D eigenvalue weighted by atomic mass is 9.98. The Hall–Kier alpha value is -2.19. The van der Waals surface area contributed by atoms with Crippen LogP contribution in [0.5, 0.6) is 0 Å². The number of hydrogen-bond donors (Lipinski definition) is 1. The maximum absolute atomic E-state index is 13.0. The smallest absolute Gasteiger partial charge is 0.248 e. The van der Waals surface area contributed by atoms with Gasteiger partial charge in [-0.25, -0.2) is 8.42 Å². The van der Waals surface area contributed by atoms with Crippen molar-refractivity contribution in [1.29, 1.82) is 0 Å². The Morgan fingerprint density at radius 3 is 2.62 bits per heavy atom. The van der Waals surface area contributed by atoms with Gasteiger partial charge in [0.2, 0.25) is 15.9 Å². The van der Waals surface area contributed by atoms with E-state index in [1.54, 1.807) is 13.8 Å². The SMILES string of the molecule is CCCCc1ccc(NC(=O)C2CCCN(S(=O)(=O)c3c(C)noc3C)C2)cc1. The van der Waals surface area contributed by atoms with Crippen molar-refractivity contribution in [2.75, 3.05) is 18.4 Å². The van der Waals surface area contributed by atoms with Crippen molar-refractivity contribution in [1.82, 2.24) is 9.46 Å². The highest BCUT2D eigenvalue weighted by molar-refractivity contribution is 7.89. The van der Waals surface area contributed by atoms with E-state index in [-0.39, 0.29) is 23.1 Å². The Balaban J connectivity index is 1.66. The molecule has 0 spiro atoms. The highest BCUT2D eigenvalue weighted by Crippen LogP contribution is 2.28. The molecule has 1 saturated heterocycles.